The monoisotopic (exact) mass is 398 g/mol. The number of nitrogens with one attached hydrogen (secondary N) is 1. The third kappa shape index (κ3) is 5.25. The molecular formula is C22H26N2O5. The molecule has 3 rings (SSSR count). The summed E-state index contributed by atoms with van der Waals surface area (Å²) in [5.74, 6) is -0.605. The van der Waals surface area contributed by atoms with E-state index in [1.54, 1.807) is 13.0 Å². The second kappa shape index (κ2) is 9.41. The van der Waals surface area contributed by atoms with Crippen molar-refractivity contribution in [3.63, 3.8) is 0 Å². The maximum absolute atomic E-state index is 12.7. The molecule has 0 spiro atoms. The number of hydrogen-bond donors (Lipinski definition) is 1. The highest BCUT2D eigenvalue weighted by molar-refractivity contribution is 5.92. The lowest BCUT2D eigenvalue weighted by Gasteiger charge is -2.34. The zero-order valence-electron chi connectivity index (χ0n) is 16.7. The molecule has 0 bridgehead atoms. The normalized spacial score (nSPS) is 17.5. The Morgan fingerprint density at radius 2 is 1.97 bits per heavy atom. The van der Waals surface area contributed by atoms with Gasteiger partial charge in [-0.15, -0.1) is 0 Å². The van der Waals surface area contributed by atoms with Gasteiger partial charge in [0.2, 0.25) is 5.91 Å². The molecule has 0 radical (unpaired) electrons. The van der Waals surface area contributed by atoms with Crippen LogP contribution < -0.4 is 10.1 Å². The van der Waals surface area contributed by atoms with E-state index in [2.05, 4.69) is 5.32 Å². The number of rotatable bonds is 7. The Labute approximate surface area is 170 Å². The van der Waals surface area contributed by atoms with Crippen molar-refractivity contribution in [2.45, 2.75) is 38.8 Å². The van der Waals surface area contributed by atoms with Crippen LogP contribution in [-0.2, 0) is 19.1 Å². The van der Waals surface area contributed by atoms with Crippen LogP contribution in [0.1, 0.15) is 26.7 Å². The zero-order valence-corrected chi connectivity index (χ0v) is 16.7. The number of nitrogens with zero attached hydrogens (tertiary/aromatic N) is 1. The van der Waals surface area contributed by atoms with Gasteiger partial charge in [0.05, 0.1) is 12.5 Å². The summed E-state index contributed by atoms with van der Waals surface area (Å²) in [4.78, 5) is 38.5. The van der Waals surface area contributed by atoms with Crippen molar-refractivity contribution in [1.29, 1.82) is 0 Å². The highest BCUT2D eigenvalue weighted by Crippen LogP contribution is 2.21. The van der Waals surface area contributed by atoms with Crippen LogP contribution in [0.4, 0.5) is 0 Å². The van der Waals surface area contributed by atoms with Crippen LogP contribution in [0.25, 0.3) is 10.8 Å². The minimum Gasteiger partial charge on any atom is -0.484 e. The van der Waals surface area contributed by atoms with E-state index in [1.807, 2.05) is 43.3 Å². The van der Waals surface area contributed by atoms with Gasteiger partial charge in [0.25, 0.3) is 5.91 Å². The van der Waals surface area contributed by atoms with E-state index < -0.39 is 12.0 Å². The molecule has 1 saturated heterocycles. The maximum Gasteiger partial charge on any atom is 0.308 e. The standard InChI is InChI=1S/C22H26N2O5/c1-3-15(2)29-21(26)13-19-22(27)23-10-11-24(19)20(25)14-28-18-9-8-16-6-4-5-7-17(16)12-18/h4-9,12,15,19H,3,10-11,13-14H2,1-2H3,(H,23,27). The number of amides is 2. The van der Waals surface area contributed by atoms with Crippen molar-refractivity contribution in [3.05, 3.63) is 42.5 Å². The van der Waals surface area contributed by atoms with Gasteiger partial charge in [-0.1, -0.05) is 37.3 Å². The van der Waals surface area contributed by atoms with Crippen LogP contribution in [0.5, 0.6) is 5.75 Å². The largest absolute Gasteiger partial charge is 0.484 e. The number of esters is 1. The van der Waals surface area contributed by atoms with Gasteiger partial charge in [0, 0.05) is 13.1 Å². The minimum atomic E-state index is -0.881. The molecule has 0 saturated carbocycles. The fraction of sp³-hybridized carbons (Fsp3) is 0.409. The lowest BCUT2D eigenvalue weighted by atomic mass is 10.1. The first kappa shape index (κ1) is 20.6. The van der Waals surface area contributed by atoms with Crippen molar-refractivity contribution >= 4 is 28.6 Å². The second-order valence-electron chi connectivity index (χ2n) is 7.10. The summed E-state index contributed by atoms with van der Waals surface area (Å²) < 4.78 is 10.9. The van der Waals surface area contributed by atoms with Crippen LogP contribution in [0.2, 0.25) is 0 Å². The van der Waals surface area contributed by atoms with E-state index in [0.29, 0.717) is 25.3 Å². The smallest absolute Gasteiger partial charge is 0.308 e. The number of hydrogen-bond acceptors (Lipinski definition) is 5. The van der Waals surface area contributed by atoms with Crippen LogP contribution in [0, 0.1) is 0 Å². The number of benzene rings is 2. The highest BCUT2D eigenvalue weighted by Gasteiger charge is 2.35. The molecule has 2 atom stereocenters. The SMILES string of the molecule is CCC(C)OC(=O)CC1C(=O)NCCN1C(=O)COc1ccc2ccccc2c1. The first-order chi connectivity index (χ1) is 14.0. The van der Waals surface area contributed by atoms with Crippen LogP contribution in [-0.4, -0.2) is 54.5 Å². The van der Waals surface area contributed by atoms with Crippen molar-refractivity contribution in [2.24, 2.45) is 0 Å². The van der Waals surface area contributed by atoms with Gasteiger partial charge in [0.1, 0.15) is 11.8 Å². The van der Waals surface area contributed by atoms with E-state index in [0.717, 1.165) is 10.8 Å². The molecule has 2 amide bonds. The number of ether oxygens (including phenoxy) is 2. The fourth-order valence-electron chi connectivity index (χ4n) is 3.22. The average Bonchev–Trinajstić information content (AvgIpc) is 2.73. The van der Waals surface area contributed by atoms with Crippen molar-refractivity contribution in [2.75, 3.05) is 19.7 Å². The highest BCUT2D eigenvalue weighted by atomic mass is 16.5. The molecule has 0 aliphatic carbocycles. The Bertz CT molecular complexity index is 898. The van der Waals surface area contributed by atoms with Crippen molar-refractivity contribution < 1.29 is 23.9 Å². The Hall–Kier alpha value is -3.09. The predicted molar refractivity (Wildman–Crippen MR) is 108 cm³/mol. The van der Waals surface area contributed by atoms with Gasteiger partial charge in [-0.05, 0) is 36.2 Å². The molecule has 2 aromatic rings. The fourth-order valence-corrected chi connectivity index (χ4v) is 3.22. The van der Waals surface area contributed by atoms with Gasteiger partial charge in [-0.2, -0.15) is 0 Å². The van der Waals surface area contributed by atoms with Crippen LogP contribution in [0.15, 0.2) is 42.5 Å². The Kier molecular flexibility index (Phi) is 6.69. The summed E-state index contributed by atoms with van der Waals surface area (Å²) in [6.07, 6.45) is 0.289. The maximum atomic E-state index is 12.7. The molecule has 0 aromatic heterocycles. The van der Waals surface area contributed by atoms with Gasteiger partial charge in [-0.3, -0.25) is 14.4 Å². The number of carbonyl (C=O) groups is 3. The van der Waals surface area contributed by atoms with E-state index in [-0.39, 0.29) is 30.9 Å². The predicted octanol–water partition coefficient (Wildman–Crippen LogP) is 2.28. The molecule has 2 aromatic carbocycles. The number of carbonyl (C=O) groups excluding carboxylic acids is 3. The van der Waals surface area contributed by atoms with Gasteiger partial charge in [0.15, 0.2) is 6.61 Å². The Balaban J connectivity index is 1.63. The molecule has 2 unspecified atom stereocenters. The third-order valence-electron chi connectivity index (χ3n) is 5.00. The van der Waals surface area contributed by atoms with Crippen molar-refractivity contribution in [1.82, 2.24) is 10.2 Å². The molecule has 1 fully saturated rings. The molecule has 1 aliphatic rings. The van der Waals surface area contributed by atoms with E-state index >= 15 is 0 Å². The van der Waals surface area contributed by atoms with Crippen molar-refractivity contribution in [3.8, 4) is 5.75 Å². The number of fused-ring (bicyclic) bond motifs is 1. The minimum absolute atomic E-state index is 0.169. The van der Waals surface area contributed by atoms with E-state index in [4.69, 9.17) is 9.47 Å². The lowest BCUT2D eigenvalue weighted by Crippen LogP contribution is -2.58. The van der Waals surface area contributed by atoms with Gasteiger partial charge >= 0.3 is 5.97 Å². The molecule has 29 heavy (non-hydrogen) atoms. The summed E-state index contributed by atoms with van der Waals surface area (Å²) in [5, 5.41) is 4.80. The van der Waals surface area contributed by atoms with Crippen LogP contribution >= 0.6 is 0 Å². The molecule has 7 nitrogen and oxygen atoms in total. The summed E-state index contributed by atoms with van der Waals surface area (Å²) in [6.45, 7) is 4.16. The van der Waals surface area contributed by atoms with Gasteiger partial charge < -0.3 is 19.7 Å². The molecule has 1 aliphatic heterocycles. The molecular weight excluding hydrogens is 372 g/mol. The summed E-state index contributed by atoms with van der Waals surface area (Å²) in [5.41, 5.74) is 0. The van der Waals surface area contributed by atoms with E-state index in [9.17, 15) is 14.4 Å². The van der Waals surface area contributed by atoms with Gasteiger partial charge in [-0.25, -0.2) is 0 Å². The Morgan fingerprint density at radius 1 is 1.21 bits per heavy atom. The second-order valence-corrected chi connectivity index (χ2v) is 7.10. The molecule has 1 N–H and O–H groups in total. The molecule has 154 valence electrons. The summed E-state index contributed by atoms with van der Waals surface area (Å²) in [6, 6.07) is 12.6. The first-order valence-electron chi connectivity index (χ1n) is 9.86. The number of piperazine rings is 1. The first-order valence-corrected chi connectivity index (χ1v) is 9.86. The zero-order chi connectivity index (χ0) is 20.8. The average molecular weight is 398 g/mol. The lowest BCUT2D eigenvalue weighted by molar-refractivity contribution is -0.155. The van der Waals surface area contributed by atoms with Crippen LogP contribution in [0.3, 0.4) is 0 Å². The molecule has 1 heterocycles. The Morgan fingerprint density at radius 3 is 2.72 bits per heavy atom. The topological polar surface area (TPSA) is 84.9 Å². The molecule has 7 heteroatoms. The summed E-state index contributed by atoms with van der Waals surface area (Å²) in [7, 11) is 0. The quantitative estimate of drug-likeness (QED) is 0.724. The summed E-state index contributed by atoms with van der Waals surface area (Å²) >= 11 is 0. The van der Waals surface area contributed by atoms with E-state index in [1.165, 1.54) is 4.90 Å². The third-order valence-corrected chi connectivity index (χ3v) is 5.00.